The Labute approximate surface area is 180 Å². The largest absolute Gasteiger partial charge is 0.338 e. The normalized spacial score (nSPS) is 17.0. The van der Waals surface area contributed by atoms with Crippen LogP contribution < -0.4 is 5.32 Å². The number of thiophene rings is 1. The van der Waals surface area contributed by atoms with Gasteiger partial charge in [0.15, 0.2) is 0 Å². The summed E-state index contributed by atoms with van der Waals surface area (Å²) in [7, 11) is 0. The van der Waals surface area contributed by atoms with E-state index in [9.17, 15) is 14.9 Å². The van der Waals surface area contributed by atoms with Gasteiger partial charge in [-0.15, -0.1) is 11.3 Å². The second kappa shape index (κ2) is 8.90. The second-order valence-corrected chi connectivity index (χ2v) is 8.33. The highest BCUT2D eigenvalue weighted by Gasteiger charge is 2.27. The van der Waals surface area contributed by atoms with Gasteiger partial charge in [-0.1, -0.05) is 22.8 Å². The number of anilines is 1. The van der Waals surface area contributed by atoms with Crippen molar-refractivity contribution in [1.82, 2.24) is 15.0 Å². The summed E-state index contributed by atoms with van der Waals surface area (Å²) in [6.45, 7) is 1.80. The molecule has 156 valence electrons. The second-order valence-electron chi connectivity index (χ2n) is 6.97. The number of rotatable bonds is 6. The van der Waals surface area contributed by atoms with E-state index in [0.717, 1.165) is 24.3 Å². The van der Waals surface area contributed by atoms with Crippen LogP contribution in [0.2, 0.25) is 5.02 Å². The molecule has 4 rings (SSSR count). The number of halogens is 1. The molecule has 0 saturated carbocycles. The van der Waals surface area contributed by atoms with Crippen LogP contribution >= 0.6 is 22.9 Å². The van der Waals surface area contributed by atoms with Gasteiger partial charge < -0.3 is 9.84 Å². The Bertz CT molecular complexity index is 1060. The zero-order valence-electron chi connectivity index (χ0n) is 15.8. The Hall–Kier alpha value is -2.82. The number of nitro groups is 1. The van der Waals surface area contributed by atoms with Crippen molar-refractivity contribution in [3.05, 3.63) is 56.7 Å². The van der Waals surface area contributed by atoms with Crippen molar-refractivity contribution in [2.75, 3.05) is 18.4 Å². The quantitative estimate of drug-likeness (QED) is 0.444. The molecule has 1 unspecified atom stereocenters. The van der Waals surface area contributed by atoms with Crippen molar-refractivity contribution >= 4 is 40.2 Å². The van der Waals surface area contributed by atoms with Crippen LogP contribution in [0.4, 0.5) is 11.4 Å². The first kappa shape index (κ1) is 20.5. The summed E-state index contributed by atoms with van der Waals surface area (Å²) in [5, 5.41) is 19.9. The van der Waals surface area contributed by atoms with Crippen molar-refractivity contribution < 1.29 is 14.2 Å². The third kappa shape index (κ3) is 4.66. The van der Waals surface area contributed by atoms with Gasteiger partial charge in [0.2, 0.25) is 17.6 Å². The fourth-order valence-corrected chi connectivity index (χ4v) is 4.20. The topological polar surface area (TPSA) is 114 Å². The van der Waals surface area contributed by atoms with E-state index in [1.807, 2.05) is 17.5 Å². The number of hydrogen-bond acceptors (Lipinski definition) is 8. The minimum Gasteiger partial charge on any atom is -0.338 e. The zero-order valence-corrected chi connectivity index (χ0v) is 17.4. The molecule has 1 N–H and O–H groups in total. The highest BCUT2D eigenvalue weighted by atomic mass is 35.5. The van der Waals surface area contributed by atoms with Crippen LogP contribution in [-0.4, -0.2) is 39.0 Å². The highest BCUT2D eigenvalue weighted by Crippen LogP contribution is 2.28. The van der Waals surface area contributed by atoms with Gasteiger partial charge in [0.25, 0.3) is 5.69 Å². The molecule has 0 aliphatic carbocycles. The van der Waals surface area contributed by atoms with E-state index in [2.05, 4.69) is 20.4 Å². The molecule has 2 aromatic heterocycles. The Morgan fingerprint density at radius 1 is 1.43 bits per heavy atom. The predicted octanol–water partition coefficient (Wildman–Crippen LogP) is 4.21. The lowest BCUT2D eigenvalue weighted by atomic mass is 9.97. The lowest BCUT2D eigenvalue weighted by Crippen LogP contribution is -2.40. The van der Waals surface area contributed by atoms with E-state index in [0.29, 0.717) is 24.8 Å². The van der Waals surface area contributed by atoms with Crippen LogP contribution in [0, 0.1) is 16.0 Å². The van der Waals surface area contributed by atoms with E-state index < -0.39 is 4.92 Å². The van der Waals surface area contributed by atoms with Crippen LogP contribution in [0.5, 0.6) is 0 Å². The Morgan fingerprint density at radius 2 is 2.30 bits per heavy atom. The van der Waals surface area contributed by atoms with Gasteiger partial charge in [0.1, 0.15) is 0 Å². The monoisotopic (exact) mass is 447 g/mol. The number of likely N-dealkylation sites (tertiary alicyclic amines) is 1. The maximum atomic E-state index is 12.7. The third-order valence-electron chi connectivity index (χ3n) is 4.86. The van der Waals surface area contributed by atoms with Gasteiger partial charge >= 0.3 is 0 Å². The van der Waals surface area contributed by atoms with E-state index in [4.69, 9.17) is 16.1 Å². The van der Waals surface area contributed by atoms with Crippen LogP contribution in [-0.2, 0) is 11.3 Å². The van der Waals surface area contributed by atoms with Gasteiger partial charge in [0.05, 0.1) is 33.0 Å². The Kier molecular flexibility index (Phi) is 6.07. The summed E-state index contributed by atoms with van der Waals surface area (Å²) in [5.74, 6) is 0.577. The van der Waals surface area contributed by atoms with Crippen LogP contribution in [0.3, 0.4) is 0 Å². The van der Waals surface area contributed by atoms with Gasteiger partial charge in [-0.25, -0.2) is 0 Å². The molecule has 1 aliphatic rings. The summed E-state index contributed by atoms with van der Waals surface area (Å²) in [4.78, 5) is 30.6. The van der Waals surface area contributed by atoms with Crippen LogP contribution in [0.25, 0.3) is 10.7 Å². The van der Waals surface area contributed by atoms with Crippen molar-refractivity contribution in [2.45, 2.75) is 19.4 Å². The molecular formula is C19H18ClN5O4S. The number of nitro benzene ring substituents is 1. The van der Waals surface area contributed by atoms with Gasteiger partial charge in [0, 0.05) is 18.7 Å². The SMILES string of the molecule is O=C(Nc1cc([N+](=O)[O-])ccc1Cl)C1CCCN(Cc2nc(-c3cccs3)no2)C1. The number of benzene rings is 1. The van der Waals surface area contributed by atoms with Crippen molar-refractivity contribution in [3.8, 4) is 10.7 Å². The van der Waals surface area contributed by atoms with Crippen molar-refractivity contribution in [1.29, 1.82) is 0 Å². The molecule has 1 atom stereocenters. The lowest BCUT2D eigenvalue weighted by molar-refractivity contribution is -0.384. The molecule has 3 heterocycles. The molecule has 11 heteroatoms. The highest BCUT2D eigenvalue weighted by molar-refractivity contribution is 7.13. The molecule has 9 nitrogen and oxygen atoms in total. The number of amides is 1. The minimum atomic E-state index is -0.525. The lowest BCUT2D eigenvalue weighted by Gasteiger charge is -2.30. The molecule has 0 spiro atoms. The summed E-state index contributed by atoms with van der Waals surface area (Å²) < 4.78 is 5.36. The standard InChI is InChI=1S/C19H18ClN5O4S/c20-14-6-5-13(25(27)28)9-15(14)21-19(26)12-3-1-7-24(10-12)11-17-22-18(23-29-17)16-4-2-8-30-16/h2,4-6,8-9,12H,1,3,7,10-11H2,(H,21,26). The molecule has 1 aromatic carbocycles. The van der Waals surface area contributed by atoms with E-state index >= 15 is 0 Å². The molecule has 0 bridgehead atoms. The summed E-state index contributed by atoms with van der Waals surface area (Å²) >= 11 is 7.63. The molecule has 1 saturated heterocycles. The van der Waals surface area contributed by atoms with E-state index in [-0.39, 0.29) is 28.2 Å². The number of hydrogen-bond donors (Lipinski definition) is 1. The van der Waals surface area contributed by atoms with Crippen molar-refractivity contribution in [2.24, 2.45) is 5.92 Å². The Morgan fingerprint density at radius 3 is 3.07 bits per heavy atom. The van der Waals surface area contributed by atoms with Gasteiger partial charge in [-0.2, -0.15) is 4.98 Å². The Balaban J connectivity index is 1.38. The minimum absolute atomic E-state index is 0.127. The number of non-ortho nitro benzene ring substituents is 1. The maximum absolute atomic E-state index is 12.7. The summed E-state index contributed by atoms with van der Waals surface area (Å²) in [5.41, 5.74) is 0.114. The van der Waals surface area contributed by atoms with Gasteiger partial charge in [-0.3, -0.25) is 19.8 Å². The zero-order chi connectivity index (χ0) is 21.1. The average molecular weight is 448 g/mol. The third-order valence-corrected chi connectivity index (χ3v) is 6.06. The number of nitrogens with zero attached hydrogens (tertiary/aromatic N) is 4. The average Bonchev–Trinajstić information content (AvgIpc) is 3.41. The molecule has 1 amide bonds. The fourth-order valence-electron chi connectivity index (χ4n) is 3.39. The molecule has 3 aromatic rings. The summed E-state index contributed by atoms with van der Waals surface area (Å²) in [6, 6.07) is 7.83. The molecule has 1 aliphatic heterocycles. The smallest absolute Gasteiger partial charge is 0.271 e. The number of aromatic nitrogens is 2. The molecule has 30 heavy (non-hydrogen) atoms. The number of nitrogens with one attached hydrogen (secondary N) is 1. The number of carbonyl (C=O) groups excluding carboxylic acids is 1. The fraction of sp³-hybridized carbons (Fsp3) is 0.316. The predicted molar refractivity (Wildman–Crippen MR) is 112 cm³/mol. The first-order valence-corrected chi connectivity index (χ1v) is 10.6. The number of piperidine rings is 1. The maximum Gasteiger partial charge on any atom is 0.271 e. The van der Waals surface area contributed by atoms with Crippen LogP contribution in [0.1, 0.15) is 18.7 Å². The molecule has 0 radical (unpaired) electrons. The summed E-state index contributed by atoms with van der Waals surface area (Å²) in [6.07, 6.45) is 1.56. The van der Waals surface area contributed by atoms with Crippen LogP contribution in [0.15, 0.2) is 40.2 Å². The van der Waals surface area contributed by atoms with Gasteiger partial charge in [-0.05, 0) is 36.9 Å². The number of carbonyl (C=O) groups is 1. The molecular weight excluding hydrogens is 430 g/mol. The van der Waals surface area contributed by atoms with E-state index in [1.165, 1.54) is 18.2 Å². The first-order valence-electron chi connectivity index (χ1n) is 9.33. The van der Waals surface area contributed by atoms with Crippen molar-refractivity contribution in [3.63, 3.8) is 0 Å². The van der Waals surface area contributed by atoms with E-state index in [1.54, 1.807) is 11.3 Å². The molecule has 1 fully saturated rings. The first-order chi connectivity index (χ1) is 14.5.